The number of fused-ring (bicyclic) bond motifs is 1. The maximum Gasteiger partial charge on any atom is 0.416 e. The minimum atomic E-state index is -4.97. The number of alkyl halides is 6. The number of aliphatic carboxylic acids is 1. The second-order valence-corrected chi connectivity index (χ2v) is 12.0. The zero-order valence-electron chi connectivity index (χ0n) is 25.1. The highest BCUT2D eigenvalue weighted by molar-refractivity contribution is 5.70. The molecule has 8 nitrogen and oxygen atoms in total. The minimum Gasteiger partial charge on any atom is -0.481 e. The van der Waals surface area contributed by atoms with Crippen molar-refractivity contribution in [3.05, 3.63) is 63.7 Å². The Morgan fingerprint density at radius 1 is 0.911 bits per heavy atom. The molecule has 3 aromatic rings. The SMILES string of the molecule is CCN(C[C@H]1CC[C@H](C(=O)O)CC1)c1cc2c(cc1CN(Cc1cc(C(F)(F)F)cc(C(F)(F)F)c1)c1nnn(C)n1)CCC2. The van der Waals surface area contributed by atoms with Crippen LogP contribution >= 0.6 is 0 Å². The van der Waals surface area contributed by atoms with Crippen LogP contribution in [-0.2, 0) is 50.1 Å². The molecule has 1 N–H and O–H groups in total. The third-order valence-electron chi connectivity index (χ3n) is 8.85. The van der Waals surface area contributed by atoms with Crippen LogP contribution in [0.3, 0.4) is 0 Å². The van der Waals surface area contributed by atoms with Crippen LogP contribution in [0.15, 0.2) is 30.3 Å². The Hall–Kier alpha value is -3.84. The molecule has 2 aliphatic rings. The number of aryl methyl sites for hydroxylation is 3. The van der Waals surface area contributed by atoms with E-state index < -0.39 is 29.4 Å². The molecule has 45 heavy (non-hydrogen) atoms. The summed E-state index contributed by atoms with van der Waals surface area (Å²) in [6.45, 7) is 3.20. The maximum absolute atomic E-state index is 13.7. The van der Waals surface area contributed by atoms with Gasteiger partial charge in [-0.15, -0.1) is 5.10 Å². The van der Waals surface area contributed by atoms with E-state index in [9.17, 15) is 36.2 Å². The van der Waals surface area contributed by atoms with Crippen LogP contribution in [-0.4, -0.2) is 44.4 Å². The van der Waals surface area contributed by atoms with Crippen molar-refractivity contribution >= 4 is 17.6 Å². The largest absolute Gasteiger partial charge is 0.481 e. The molecule has 0 spiro atoms. The average Bonchev–Trinajstić information content (AvgIpc) is 3.63. The van der Waals surface area contributed by atoms with Gasteiger partial charge in [-0.3, -0.25) is 4.79 Å². The summed E-state index contributed by atoms with van der Waals surface area (Å²) in [6, 6.07) is 5.81. The summed E-state index contributed by atoms with van der Waals surface area (Å²) in [6.07, 6.45) is -4.32. The van der Waals surface area contributed by atoms with E-state index in [-0.39, 0.29) is 36.6 Å². The number of carboxylic acid groups (broad SMARTS) is 1. The molecule has 14 heteroatoms. The normalized spacial score (nSPS) is 18.6. The fourth-order valence-corrected chi connectivity index (χ4v) is 6.52. The van der Waals surface area contributed by atoms with E-state index in [4.69, 9.17) is 0 Å². The molecule has 1 saturated carbocycles. The molecule has 244 valence electrons. The molecule has 5 rings (SSSR count). The lowest BCUT2D eigenvalue weighted by Crippen LogP contribution is -2.34. The number of hydrogen-bond acceptors (Lipinski definition) is 6. The first-order valence-corrected chi connectivity index (χ1v) is 15.1. The van der Waals surface area contributed by atoms with Gasteiger partial charge in [0, 0.05) is 31.9 Å². The Balaban J connectivity index is 1.50. The van der Waals surface area contributed by atoms with Crippen LogP contribution in [0.25, 0.3) is 0 Å². The fraction of sp³-hybridized carbons (Fsp3) is 0.548. The van der Waals surface area contributed by atoms with Gasteiger partial charge in [-0.05, 0) is 110 Å². The van der Waals surface area contributed by atoms with Crippen LogP contribution in [0.5, 0.6) is 0 Å². The number of anilines is 2. The van der Waals surface area contributed by atoms with Crippen molar-refractivity contribution in [2.24, 2.45) is 18.9 Å². The number of carboxylic acids is 1. The van der Waals surface area contributed by atoms with Gasteiger partial charge in [0.15, 0.2) is 0 Å². The van der Waals surface area contributed by atoms with Crippen LogP contribution in [0.1, 0.15) is 72.4 Å². The van der Waals surface area contributed by atoms with Crippen molar-refractivity contribution < 1.29 is 36.2 Å². The highest BCUT2D eigenvalue weighted by Crippen LogP contribution is 2.38. The lowest BCUT2D eigenvalue weighted by molar-refractivity contribution is -0.144. The first kappa shape index (κ1) is 32.6. The summed E-state index contributed by atoms with van der Waals surface area (Å²) in [4.78, 5) is 16.4. The molecule has 1 aromatic heterocycles. The Labute approximate surface area is 257 Å². The van der Waals surface area contributed by atoms with Crippen LogP contribution < -0.4 is 9.80 Å². The molecule has 1 heterocycles. The predicted molar refractivity (Wildman–Crippen MR) is 155 cm³/mol. The van der Waals surface area contributed by atoms with Crippen LogP contribution in [0.4, 0.5) is 38.0 Å². The third-order valence-corrected chi connectivity index (χ3v) is 8.85. The Kier molecular flexibility index (Phi) is 9.31. The summed E-state index contributed by atoms with van der Waals surface area (Å²) in [5.74, 6) is -0.716. The highest BCUT2D eigenvalue weighted by atomic mass is 19.4. The van der Waals surface area contributed by atoms with E-state index in [0.717, 1.165) is 61.1 Å². The third kappa shape index (κ3) is 7.70. The highest BCUT2D eigenvalue weighted by Gasteiger charge is 2.37. The van der Waals surface area contributed by atoms with Crippen molar-refractivity contribution in [1.82, 2.24) is 20.2 Å². The van der Waals surface area contributed by atoms with Gasteiger partial charge < -0.3 is 14.9 Å². The first-order chi connectivity index (χ1) is 21.2. The van der Waals surface area contributed by atoms with Gasteiger partial charge in [-0.2, -0.15) is 31.1 Å². The molecule has 0 radical (unpaired) electrons. The molecule has 0 saturated heterocycles. The topological polar surface area (TPSA) is 87.4 Å². The van der Waals surface area contributed by atoms with E-state index >= 15 is 0 Å². The number of rotatable bonds is 10. The summed E-state index contributed by atoms with van der Waals surface area (Å²) in [5.41, 5.74) is 1.23. The van der Waals surface area contributed by atoms with E-state index in [2.05, 4.69) is 32.4 Å². The quantitative estimate of drug-likeness (QED) is 0.249. The van der Waals surface area contributed by atoms with Crippen molar-refractivity contribution in [3.8, 4) is 0 Å². The number of tetrazole rings is 1. The summed E-state index contributed by atoms with van der Waals surface area (Å²) in [7, 11) is 1.53. The van der Waals surface area contributed by atoms with Gasteiger partial charge in [0.2, 0.25) is 0 Å². The van der Waals surface area contributed by atoms with E-state index in [1.54, 1.807) is 4.90 Å². The van der Waals surface area contributed by atoms with Gasteiger partial charge in [0.25, 0.3) is 5.95 Å². The van der Waals surface area contributed by atoms with Gasteiger partial charge in [0.1, 0.15) is 0 Å². The summed E-state index contributed by atoms with van der Waals surface area (Å²) < 4.78 is 81.9. The second-order valence-electron chi connectivity index (χ2n) is 12.0. The molecule has 0 atom stereocenters. The van der Waals surface area contributed by atoms with Gasteiger partial charge in [0.05, 0.1) is 24.1 Å². The van der Waals surface area contributed by atoms with Crippen LogP contribution in [0, 0.1) is 11.8 Å². The average molecular weight is 639 g/mol. The Morgan fingerprint density at radius 2 is 1.53 bits per heavy atom. The number of benzene rings is 2. The number of nitrogens with zero attached hydrogens (tertiary/aromatic N) is 6. The standard InChI is InChI=1S/C31H36F6N6O2/c1-3-42(16-19-7-9-21(10-8-19)28(44)45)27-14-23-6-4-5-22(23)13-24(27)18-43(29-38-40-41(2)39-29)17-20-11-25(30(32,33)34)15-26(12-20)31(35,36)37/h11-15,19,21H,3-10,16-18H2,1-2H3,(H,44,45)/t19-,21-. The molecule has 1 fully saturated rings. The van der Waals surface area contributed by atoms with Gasteiger partial charge in [-0.1, -0.05) is 11.2 Å². The molecule has 0 unspecified atom stereocenters. The lowest BCUT2D eigenvalue weighted by Gasteiger charge is -2.34. The van der Waals surface area contributed by atoms with Crippen LogP contribution in [0.2, 0.25) is 0 Å². The zero-order valence-corrected chi connectivity index (χ0v) is 25.1. The van der Waals surface area contributed by atoms with Crippen molar-refractivity contribution in [2.75, 3.05) is 22.9 Å². The van der Waals surface area contributed by atoms with Crippen molar-refractivity contribution in [1.29, 1.82) is 0 Å². The zero-order chi connectivity index (χ0) is 32.5. The second kappa shape index (κ2) is 12.9. The van der Waals surface area contributed by atoms with E-state index in [1.165, 1.54) is 17.4 Å². The Bertz CT molecular complexity index is 1480. The van der Waals surface area contributed by atoms with Gasteiger partial charge >= 0.3 is 18.3 Å². The lowest BCUT2D eigenvalue weighted by atomic mass is 9.81. The van der Waals surface area contributed by atoms with E-state index in [0.29, 0.717) is 31.8 Å². The maximum atomic E-state index is 13.7. The number of halogens is 6. The molecular formula is C31H36F6N6O2. The summed E-state index contributed by atoms with van der Waals surface area (Å²) >= 11 is 0. The monoisotopic (exact) mass is 638 g/mol. The number of aromatic nitrogens is 4. The molecule has 2 aliphatic carbocycles. The summed E-state index contributed by atoms with van der Waals surface area (Å²) in [5, 5.41) is 21.6. The Morgan fingerprint density at radius 3 is 2.07 bits per heavy atom. The number of carbonyl (C=O) groups is 1. The fourth-order valence-electron chi connectivity index (χ4n) is 6.52. The van der Waals surface area contributed by atoms with Crippen molar-refractivity contribution in [3.63, 3.8) is 0 Å². The molecule has 2 aromatic carbocycles. The minimum absolute atomic E-state index is 0.0740. The smallest absolute Gasteiger partial charge is 0.416 e. The number of hydrogen-bond donors (Lipinski definition) is 1. The molecule has 0 bridgehead atoms. The molecular weight excluding hydrogens is 602 g/mol. The van der Waals surface area contributed by atoms with E-state index in [1.807, 2.05) is 6.92 Å². The predicted octanol–water partition coefficient (Wildman–Crippen LogP) is 6.66. The first-order valence-electron chi connectivity index (χ1n) is 15.1. The van der Waals surface area contributed by atoms with Gasteiger partial charge in [-0.25, -0.2) is 0 Å². The van der Waals surface area contributed by atoms with Crippen molar-refractivity contribution in [2.45, 2.75) is 77.3 Å². The molecule has 0 amide bonds. The molecule has 0 aliphatic heterocycles.